The number of carbonyl (C=O) groups is 1. The van der Waals surface area contributed by atoms with Gasteiger partial charge in [0.2, 0.25) is 0 Å². The van der Waals surface area contributed by atoms with Crippen LogP contribution in [-0.2, 0) is 0 Å². The lowest BCUT2D eigenvalue weighted by Gasteiger charge is -2.04. The molecule has 0 amide bonds. The molecule has 4 nitrogen and oxygen atoms in total. The van der Waals surface area contributed by atoms with E-state index in [-0.39, 0.29) is 5.56 Å². The second kappa shape index (κ2) is 4.70. The summed E-state index contributed by atoms with van der Waals surface area (Å²) in [6, 6.07) is 7.81. The summed E-state index contributed by atoms with van der Waals surface area (Å²) in [5.41, 5.74) is 4.08. The number of aromatic carboxylic acids is 1. The van der Waals surface area contributed by atoms with Crippen LogP contribution in [0.15, 0.2) is 41.1 Å². The SMILES string of the molecule is Cc1oc2ccc(-c3cncc(C4CC4)c3)cc2c1C(=O)O. The highest BCUT2D eigenvalue weighted by atomic mass is 16.4. The molecule has 1 saturated carbocycles. The van der Waals surface area contributed by atoms with E-state index in [0.717, 1.165) is 11.1 Å². The zero-order chi connectivity index (χ0) is 15.3. The minimum atomic E-state index is -0.960. The van der Waals surface area contributed by atoms with E-state index in [2.05, 4.69) is 11.1 Å². The number of pyridine rings is 1. The van der Waals surface area contributed by atoms with Crippen molar-refractivity contribution in [3.63, 3.8) is 0 Å². The highest BCUT2D eigenvalue weighted by Crippen LogP contribution is 2.41. The number of benzene rings is 1. The number of carboxylic acid groups (broad SMARTS) is 1. The molecular weight excluding hydrogens is 278 g/mol. The van der Waals surface area contributed by atoms with Gasteiger partial charge in [-0.25, -0.2) is 4.79 Å². The summed E-state index contributed by atoms with van der Waals surface area (Å²) in [6.07, 6.45) is 6.20. The number of carboxylic acids is 1. The highest BCUT2D eigenvalue weighted by Gasteiger charge is 2.24. The zero-order valence-electron chi connectivity index (χ0n) is 12.2. The van der Waals surface area contributed by atoms with Crippen molar-refractivity contribution in [3.8, 4) is 11.1 Å². The number of aromatic nitrogens is 1. The van der Waals surface area contributed by atoms with Crippen LogP contribution < -0.4 is 0 Å². The Hall–Kier alpha value is -2.62. The van der Waals surface area contributed by atoms with Gasteiger partial charge in [0.05, 0.1) is 0 Å². The molecule has 3 aromatic rings. The molecular formula is C18H15NO3. The maximum atomic E-state index is 11.4. The van der Waals surface area contributed by atoms with Crippen molar-refractivity contribution >= 4 is 16.9 Å². The molecule has 0 bridgehead atoms. The normalized spacial score (nSPS) is 14.4. The lowest BCUT2D eigenvalue weighted by Crippen LogP contribution is -1.96. The molecule has 0 radical (unpaired) electrons. The maximum Gasteiger partial charge on any atom is 0.339 e. The first-order valence-corrected chi connectivity index (χ1v) is 7.35. The molecule has 1 N–H and O–H groups in total. The molecule has 0 spiro atoms. The molecule has 0 aliphatic heterocycles. The summed E-state index contributed by atoms with van der Waals surface area (Å²) >= 11 is 0. The first-order valence-electron chi connectivity index (χ1n) is 7.35. The molecule has 0 unspecified atom stereocenters. The molecule has 110 valence electrons. The first kappa shape index (κ1) is 13.1. The topological polar surface area (TPSA) is 63.3 Å². The quantitative estimate of drug-likeness (QED) is 0.778. The van der Waals surface area contributed by atoms with Gasteiger partial charge in [0.1, 0.15) is 16.9 Å². The monoisotopic (exact) mass is 293 g/mol. The van der Waals surface area contributed by atoms with Crippen LogP contribution in [0.4, 0.5) is 0 Å². The van der Waals surface area contributed by atoms with Crippen molar-refractivity contribution in [1.29, 1.82) is 0 Å². The highest BCUT2D eigenvalue weighted by molar-refractivity contribution is 6.04. The van der Waals surface area contributed by atoms with Gasteiger partial charge in [-0.1, -0.05) is 6.07 Å². The van der Waals surface area contributed by atoms with E-state index in [9.17, 15) is 9.90 Å². The molecule has 2 heterocycles. The summed E-state index contributed by atoms with van der Waals surface area (Å²) in [5, 5.41) is 10.0. The summed E-state index contributed by atoms with van der Waals surface area (Å²) in [7, 11) is 0. The van der Waals surface area contributed by atoms with Crippen LogP contribution in [0, 0.1) is 6.92 Å². The number of fused-ring (bicyclic) bond motifs is 1. The largest absolute Gasteiger partial charge is 0.478 e. The Labute approximate surface area is 127 Å². The molecule has 1 aromatic carbocycles. The van der Waals surface area contributed by atoms with Gasteiger partial charge in [0.25, 0.3) is 0 Å². The lowest BCUT2D eigenvalue weighted by molar-refractivity contribution is 0.0697. The minimum Gasteiger partial charge on any atom is -0.478 e. The molecule has 2 aromatic heterocycles. The summed E-state index contributed by atoms with van der Waals surface area (Å²) in [4.78, 5) is 15.7. The molecule has 1 aliphatic carbocycles. The molecule has 4 heteroatoms. The van der Waals surface area contributed by atoms with Crippen molar-refractivity contribution < 1.29 is 14.3 Å². The van der Waals surface area contributed by atoms with Crippen LogP contribution in [0.25, 0.3) is 22.1 Å². The zero-order valence-corrected chi connectivity index (χ0v) is 12.2. The molecule has 22 heavy (non-hydrogen) atoms. The average Bonchev–Trinajstić information content (AvgIpc) is 3.29. The van der Waals surface area contributed by atoms with E-state index in [1.807, 2.05) is 30.6 Å². The third-order valence-electron chi connectivity index (χ3n) is 4.22. The van der Waals surface area contributed by atoms with Gasteiger partial charge in [0, 0.05) is 23.3 Å². The lowest BCUT2D eigenvalue weighted by atomic mass is 10.0. The minimum absolute atomic E-state index is 0.239. The van der Waals surface area contributed by atoms with E-state index < -0.39 is 5.97 Å². The Morgan fingerprint density at radius 2 is 2.05 bits per heavy atom. The second-order valence-electron chi connectivity index (χ2n) is 5.83. The van der Waals surface area contributed by atoms with Gasteiger partial charge in [-0.05, 0) is 55.0 Å². The Bertz CT molecular complexity index is 890. The standard InChI is InChI=1S/C18H15NO3/c1-10-17(18(20)21)15-7-12(4-5-16(15)22-10)14-6-13(8-19-9-14)11-2-3-11/h4-9,11H,2-3H2,1H3,(H,20,21). The van der Waals surface area contributed by atoms with Crippen molar-refractivity contribution in [2.75, 3.05) is 0 Å². The fourth-order valence-electron chi connectivity index (χ4n) is 2.92. The summed E-state index contributed by atoms with van der Waals surface area (Å²) < 4.78 is 5.53. The molecule has 1 aliphatic rings. The van der Waals surface area contributed by atoms with Crippen molar-refractivity contribution in [3.05, 3.63) is 53.5 Å². The Kier molecular flexibility index (Phi) is 2.79. The van der Waals surface area contributed by atoms with E-state index >= 15 is 0 Å². The van der Waals surface area contributed by atoms with Gasteiger partial charge >= 0.3 is 5.97 Å². The Balaban J connectivity index is 1.86. The number of aryl methyl sites for hydroxylation is 1. The summed E-state index contributed by atoms with van der Waals surface area (Å²) in [6.45, 7) is 1.68. The van der Waals surface area contributed by atoms with Crippen LogP contribution in [0.5, 0.6) is 0 Å². The van der Waals surface area contributed by atoms with Crippen LogP contribution in [-0.4, -0.2) is 16.1 Å². The maximum absolute atomic E-state index is 11.4. The van der Waals surface area contributed by atoms with Crippen LogP contribution >= 0.6 is 0 Å². The van der Waals surface area contributed by atoms with Crippen LogP contribution in [0.2, 0.25) is 0 Å². The van der Waals surface area contributed by atoms with Crippen molar-refractivity contribution in [1.82, 2.24) is 4.98 Å². The van der Waals surface area contributed by atoms with E-state index in [1.54, 1.807) is 6.92 Å². The Morgan fingerprint density at radius 1 is 1.23 bits per heavy atom. The van der Waals surface area contributed by atoms with Gasteiger partial charge in [-0.2, -0.15) is 0 Å². The molecule has 1 fully saturated rings. The van der Waals surface area contributed by atoms with Gasteiger partial charge in [-0.15, -0.1) is 0 Å². The second-order valence-corrected chi connectivity index (χ2v) is 5.83. The smallest absolute Gasteiger partial charge is 0.339 e. The average molecular weight is 293 g/mol. The Morgan fingerprint density at radius 3 is 2.77 bits per heavy atom. The number of furan rings is 1. The van der Waals surface area contributed by atoms with Gasteiger partial charge in [0.15, 0.2) is 0 Å². The van der Waals surface area contributed by atoms with Crippen LogP contribution in [0.3, 0.4) is 0 Å². The third-order valence-corrected chi connectivity index (χ3v) is 4.22. The number of hydrogen-bond acceptors (Lipinski definition) is 3. The third kappa shape index (κ3) is 2.08. The van der Waals surface area contributed by atoms with E-state index in [4.69, 9.17) is 4.42 Å². The number of rotatable bonds is 3. The molecule has 0 saturated heterocycles. The first-order chi connectivity index (χ1) is 10.6. The number of nitrogens with zero attached hydrogens (tertiary/aromatic N) is 1. The predicted octanol–water partition coefficient (Wildman–Crippen LogP) is 4.38. The summed E-state index contributed by atoms with van der Waals surface area (Å²) in [5.74, 6) is 0.115. The molecule has 4 rings (SSSR count). The fraction of sp³-hybridized carbons (Fsp3) is 0.222. The van der Waals surface area contributed by atoms with Gasteiger partial charge in [-0.3, -0.25) is 4.98 Å². The van der Waals surface area contributed by atoms with E-state index in [1.165, 1.54) is 18.4 Å². The predicted molar refractivity (Wildman–Crippen MR) is 83.1 cm³/mol. The van der Waals surface area contributed by atoms with Crippen LogP contribution in [0.1, 0.15) is 40.4 Å². The molecule has 0 atom stereocenters. The van der Waals surface area contributed by atoms with Crippen molar-refractivity contribution in [2.24, 2.45) is 0 Å². The fourth-order valence-corrected chi connectivity index (χ4v) is 2.92. The van der Waals surface area contributed by atoms with Gasteiger partial charge < -0.3 is 9.52 Å². The van der Waals surface area contributed by atoms with Crippen molar-refractivity contribution in [2.45, 2.75) is 25.7 Å². The van der Waals surface area contributed by atoms with E-state index in [0.29, 0.717) is 22.6 Å². The number of hydrogen-bond donors (Lipinski definition) is 1.